The fourth-order valence-electron chi connectivity index (χ4n) is 4.69. The lowest BCUT2D eigenvalue weighted by Crippen LogP contribution is -2.64. The van der Waals surface area contributed by atoms with Crippen LogP contribution < -0.4 is 0 Å². The summed E-state index contributed by atoms with van der Waals surface area (Å²) in [6, 6.07) is 13.4. The summed E-state index contributed by atoms with van der Waals surface area (Å²) in [5.74, 6) is -5.24. The molecular weight excluding hydrogens is 482 g/mol. The van der Waals surface area contributed by atoms with Crippen LogP contribution in [-0.2, 0) is 30.4 Å². The van der Waals surface area contributed by atoms with Gasteiger partial charge in [0.25, 0.3) is 0 Å². The fraction of sp³-hybridized carbons (Fsp3) is 0.375. The van der Waals surface area contributed by atoms with Crippen molar-refractivity contribution in [1.82, 2.24) is 0 Å². The highest BCUT2D eigenvalue weighted by Crippen LogP contribution is 2.45. The molecule has 0 bridgehead atoms. The smallest absolute Gasteiger partial charge is 0.473 e. The van der Waals surface area contributed by atoms with E-state index in [1.54, 1.807) is 24.8 Å². The number of nitrogens with zero attached hydrogens (tertiary/aromatic N) is 1. The second kappa shape index (κ2) is 9.95. The second-order valence-electron chi connectivity index (χ2n) is 8.37. The largest absolute Gasteiger partial charge is 0.481 e. The molecule has 2 N–H and O–H groups in total. The van der Waals surface area contributed by atoms with Gasteiger partial charge in [0.05, 0.1) is 6.10 Å². The van der Waals surface area contributed by atoms with Gasteiger partial charge in [-0.25, -0.2) is 9.59 Å². The lowest BCUT2D eigenvalue weighted by atomic mass is 9.94. The summed E-state index contributed by atoms with van der Waals surface area (Å²) in [7, 11) is 0. The van der Waals surface area contributed by atoms with Crippen LogP contribution in [0.2, 0.25) is 5.02 Å². The molecule has 180 valence electrons. The van der Waals surface area contributed by atoms with Crippen LogP contribution in [0, 0.1) is 5.92 Å². The van der Waals surface area contributed by atoms with Crippen molar-refractivity contribution in [3.63, 3.8) is 0 Å². The third kappa shape index (κ3) is 4.79. The first kappa shape index (κ1) is 24.5. The van der Waals surface area contributed by atoms with Crippen molar-refractivity contribution < 1.29 is 38.8 Å². The van der Waals surface area contributed by atoms with Crippen LogP contribution in [-0.4, -0.2) is 52.1 Å². The van der Waals surface area contributed by atoms with Gasteiger partial charge >= 0.3 is 17.9 Å². The number of likely N-dealkylation sites (tertiary alicyclic amines) is 1. The van der Waals surface area contributed by atoms with E-state index in [1.807, 2.05) is 36.4 Å². The van der Waals surface area contributed by atoms with Gasteiger partial charge in [0.15, 0.2) is 0 Å². The molecule has 4 unspecified atom stereocenters. The average Bonchev–Trinajstić information content (AvgIpc) is 2.96. The van der Waals surface area contributed by atoms with E-state index in [-0.39, 0.29) is 13.1 Å². The summed E-state index contributed by atoms with van der Waals surface area (Å²) in [6.45, 7) is 2.14. The number of carbonyl (C=O) groups excluding carboxylic acids is 1. The predicted molar refractivity (Wildman–Crippen MR) is 123 cm³/mol. The Morgan fingerprint density at radius 1 is 1.15 bits per heavy atom. The van der Waals surface area contributed by atoms with Crippen molar-refractivity contribution in [2.45, 2.75) is 48.3 Å². The summed E-state index contributed by atoms with van der Waals surface area (Å²) in [5, 5.41) is 19.7. The molecule has 0 saturated carbocycles. The Bertz CT molecular complexity index is 1130. The molecule has 2 aromatic rings. The maximum absolute atomic E-state index is 12.2. The van der Waals surface area contributed by atoms with E-state index in [9.17, 15) is 19.5 Å². The third-order valence-electron chi connectivity index (χ3n) is 6.37. The molecule has 4 rings (SSSR count). The van der Waals surface area contributed by atoms with Crippen LogP contribution in [0.1, 0.15) is 37.0 Å². The Balaban J connectivity index is 1.78. The molecule has 2 heterocycles. The average molecular weight is 507 g/mol. The van der Waals surface area contributed by atoms with Gasteiger partial charge in [-0.3, -0.25) is 9.63 Å². The van der Waals surface area contributed by atoms with Crippen molar-refractivity contribution >= 4 is 41.3 Å². The van der Waals surface area contributed by atoms with E-state index in [1.165, 1.54) is 0 Å². The van der Waals surface area contributed by atoms with Crippen molar-refractivity contribution in [2.75, 3.05) is 13.1 Å². The number of hydroxylamine groups is 3. The molecule has 0 spiro atoms. The summed E-state index contributed by atoms with van der Waals surface area (Å²) in [4.78, 5) is 43.0. The summed E-state index contributed by atoms with van der Waals surface area (Å²) in [5.41, 5.74) is 1.84. The molecule has 10 heteroatoms. The van der Waals surface area contributed by atoms with E-state index >= 15 is 0 Å². The molecule has 34 heavy (non-hydrogen) atoms. The first-order chi connectivity index (χ1) is 16.2. The number of piperidine rings is 1. The molecular formula is C24H25ClNO7S+. The standard InChI is InChI=1S/C24H24ClNO7S/c1-2-26(33-24(31)23(29)30)11-5-7-16(22(27)28)21(26)32-18-12-14-6-3-4-8-19(14)34-20-10-9-15(25)13-17(18)20/h3-4,6,8-10,13,16,18,21H,2,5,7,11-12H2,1H3,(H-,27,28,29,30)/p+1. The number of hydrogen-bond donors (Lipinski definition) is 2. The van der Waals surface area contributed by atoms with Crippen LogP contribution in [0.25, 0.3) is 0 Å². The number of aliphatic carboxylic acids is 2. The lowest BCUT2D eigenvalue weighted by molar-refractivity contribution is -1.13. The van der Waals surface area contributed by atoms with Crippen LogP contribution >= 0.6 is 23.4 Å². The highest BCUT2D eigenvalue weighted by molar-refractivity contribution is 7.99. The molecule has 2 aliphatic heterocycles. The van der Waals surface area contributed by atoms with Crippen LogP contribution in [0.5, 0.6) is 0 Å². The highest BCUT2D eigenvalue weighted by atomic mass is 35.5. The number of carboxylic acid groups (broad SMARTS) is 2. The quantitative estimate of drug-likeness (QED) is 0.456. The molecule has 1 saturated heterocycles. The van der Waals surface area contributed by atoms with Gasteiger partial charge in [-0.05, 0) is 48.7 Å². The monoisotopic (exact) mass is 506 g/mol. The minimum atomic E-state index is -1.74. The minimum Gasteiger partial charge on any atom is -0.481 e. The summed E-state index contributed by atoms with van der Waals surface area (Å²) >= 11 is 7.90. The van der Waals surface area contributed by atoms with Crippen LogP contribution in [0.3, 0.4) is 0 Å². The van der Waals surface area contributed by atoms with Gasteiger partial charge in [0.1, 0.15) is 19.0 Å². The second-order valence-corrected chi connectivity index (χ2v) is 9.89. The van der Waals surface area contributed by atoms with Crippen LogP contribution in [0.4, 0.5) is 0 Å². The Morgan fingerprint density at radius 2 is 1.91 bits per heavy atom. The lowest BCUT2D eigenvalue weighted by Gasteiger charge is -2.45. The van der Waals surface area contributed by atoms with Gasteiger partial charge in [-0.2, -0.15) is 0 Å². The first-order valence-corrected chi connectivity index (χ1v) is 12.2. The molecule has 8 nitrogen and oxygen atoms in total. The van der Waals surface area contributed by atoms with Crippen molar-refractivity contribution in [3.8, 4) is 0 Å². The van der Waals surface area contributed by atoms with E-state index < -0.39 is 40.8 Å². The predicted octanol–water partition coefficient (Wildman–Crippen LogP) is 4.31. The molecule has 1 fully saturated rings. The SMILES string of the molecule is CC[N+]1(OC(=O)C(=O)O)CCCC(C(=O)O)C1OC1Cc2ccccc2Sc2ccc(Cl)cc21. The maximum atomic E-state index is 12.2. The minimum absolute atomic E-state index is 0.161. The molecule has 2 aromatic carbocycles. The number of carbonyl (C=O) groups is 3. The van der Waals surface area contributed by atoms with Gasteiger partial charge in [0, 0.05) is 27.7 Å². The molecule has 0 aromatic heterocycles. The molecule has 0 radical (unpaired) electrons. The number of quaternary nitrogens is 1. The summed E-state index contributed by atoms with van der Waals surface area (Å²) in [6.07, 6.45) is -0.446. The van der Waals surface area contributed by atoms with Crippen molar-refractivity contribution in [1.29, 1.82) is 0 Å². The number of benzene rings is 2. The normalized spacial score (nSPS) is 26.0. The Hall–Kier alpha value is -2.59. The fourth-order valence-corrected chi connectivity index (χ4v) is 5.98. The van der Waals surface area contributed by atoms with Gasteiger partial charge in [-0.1, -0.05) is 41.6 Å². The van der Waals surface area contributed by atoms with Gasteiger partial charge in [0.2, 0.25) is 6.23 Å². The van der Waals surface area contributed by atoms with E-state index in [0.29, 0.717) is 24.3 Å². The molecule has 4 atom stereocenters. The van der Waals surface area contributed by atoms with Crippen molar-refractivity contribution in [2.24, 2.45) is 5.92 Å². The van der Waals surface area contributed by atoms with E-state index in [4.69, 9.17) is 26.3 Å². The van der Waals surface area contributed by atoms with Crippen LogP contribution in [0.15, 0.2) is 52.3 Å². The zero-order valence-electron chi connectivity index (χ0n) is 18.5. The Kier molecular flexibility index (Phi) is 7.18. The molecule has 0 aliphatic carbocycles. The Morgan fingerprint density at radius 3 is 2.62 bits per heavy atom. The molecule has 2 aliphatic rings. The van der Waals surface area contributed by atoms with E-state index in [2.05, 4.69) is 0 Å². The number of hydrogen-bond acceptors (Lipinski definition) is 6. The number of fused-ring (bicyclic) bond motifs is 2. The first-order valence-electron chi connectivity index (χ1n) is 11.0. The van der Waals surface area contributed by atoms with Crippen molar-refractivity contribution in [3.05, 3.63) is 58.6 Å². The van der Waals surface area contributed by atoms with E-state index in [0.717, 1.165) is 20.9 Å². The number of carboxylic acids is 2. The summed E-state index contributed by atoms with van der Waals surface area (Å²) < 4.78 is 6.04. The molecule has 0 amide bonds. The number of ether oxygens (including phenoxy) is 1. The maximum Gasteiger partial charge on any atom is 0.473 e. The topological polar surface area (TPSA) is 110 Å². The third-order valence-corrected chi connectivity index (χ3v) is 7.82. The highest BCUT2D eigenvalue weighted by Gasteiger charge is 2.54. The van der Waals surface area contributed by atoms with Gasteiger partial charge < -0.3 is 14.9 Å². The number of halogens is 1. The number of rotatable bonds is 5. The zero-order valence-corrected chi connectivity index (χ0v) is 20.1. The van der Waals surface area contributed by atoms with Gasteiger partial charge in [-0.15, -0.1) is 4.65 Å². The zero-order chi connectivity index (χ0) is 24.5. The Labute approximate surface area is 206 Å².